The highest BCUT2D eigenvalue weighted by atomic mass is 32.2. The van der Waals surface area contributed by atoms with Crippen LogP contribution in [0.1, 0.15) is 32.1 Å². The summed E-state index contributed by atoms with van der Waals surface area (Å²) in [6.45, 7) is 3.36. The molecule has 2 heterocycles. The fraction of sp³-hybridized carbons (Fsp3) is 0.750. The molecule has 22 heavy (non-hydrogen) atoms. The number of rotatable bonds is 5. The molecule has 122 valence electrons. The van der Waals surface area contributed by atoms with Gasteiger partial charge in [-0.2, -0.15) is 16.7 Å². The molecule has 2 fully saturated rings. The fourth-order valence-electron chi connectivity index (χ4n) is 3.64. The molecule has 2 aliphatic rings. The first-order chi connectivity index (χ1) is 10.8. The van der Waals surface area contributed by atoms with Gasteiger partial charge in [-0.3, -0.25) is 4.90 Å². The van der Waals surface area contributed by atoms with E-state index in [1.165, 1.54) is 56.7 Å². The zero-order valence-corrected chi connectivity index (χ0v) is 14.2. The predicted molar refractivity (Wildman–Crippen MR) is 91.8 cm³/mol. The van der Waals surface area contributed by atoms with E-state index in [2.05, 4.69) is 31.9 Å². The van der Waals surface area contributed by atoms with Crippen molar-refractivity contribution in [3.05, 3.63) is 12.3 Å². The molecular weight excluding hydrogens is 296 g/mol. The Morgan fingerprint density at radius 2 is 2.05 bits per heavy atom. The maximum Gasteiger partial charge on any atom is 0.226 e. The summed E-state index contributed by atoms with van der Waals surface area (Å²) in [5.74, 6) is 3.81. The lowest BCUT2D eigenvalue weighted by molar-refractivity contribution is 0.0705. The summed E-state index contributed by atoms with van der Waals surface area (Å²) in [4.78, 5) is 11.4. The fourth-order valence-corrected chi connectivity index (χ4v) is 4.54. The van der Waals surface area contributed by atoms with Crippen LogP contribution in [0.2, 0.25) is 0 Å². The van der Waals surface area contributed by atoms with Crippen molar-refractivity contribution in [2.75, 3.05) is 43.6 Å². The second-order valence-corrected chi connectivity index (χ2v) is 7.39. The lowest BCUT2D eigenvalue weighted by atomic mass is 9.80. The second kappa shape index (κ2) is 7.51. The molecule has 0 radical (unpaired) electrons. The van der Waals surface area contributed by atoms with Gasteiger partial charge in [-0.25, -0.2) is 4.98 Å². The number of nitrogens with zero attached hydrogens (tertiary/aromatic N) is 3. The molecule has 6 heteroatoms. The summed E-state index contributed by atoms with van der Waals surface area (Å²) in [6.07, 6.45) is 8.37. The maximum atomic E-state index is 5.18. The van der Waals surface area contributed by atoms with Crippen molar-refractivity contribution < 1.29 is 4.74 Å². The van der Waals surface area contributed by atoms with Crippen LogP contribution in [-0.4, -0.2) is 58.7 Å². The third-order valence-corrected chi connectivity index (χ3v) is 5.82. The molecule has 0 atom stereocenters. The molecule has 1 saturated carbocycles. The first-order valence-corrected chi connectivity index (χ1v) is 9.42. The summed E-state index contributed by atoms with van der Waals surface area (Å²) < 4.78 is 5.18. The minimum Gasteiger partial charge on any atom is -0.481 e. The van der Waals surface area contributed by atoms with Crippen LogP contribution in [-0.2, 0) is 0 Å². The van der Waals surface area contributed by atoms with E-state index in [1.807, 2.05) is 0 Å². The first kappa shape index (κ1) is 15.9. The number of hydrogen-bond donors (Lipinski definition) is 1. The third kappa shape index (κ3) is 3.66. The quantitative estimate of drug-likeness (QED) is 0.899. The van der Waals surface area contributed by atoms with Gasteiger partial charge in [0, 0.05) is 48.9 Å². The van der Waals surface area contributed by atoms with Crippen LogP contribution in [0.3, 0.4) is 0 Å². The summed E-state index contributed by atoms with van der Waals surface area (Å²) in [6, 6.07) is 1.78. The van der Waals surface area contributed by atoms with Crippen molar-refractivity contribution in [3.8, 4) is 5.88 Å². The van der Waals surface area contributed by atoms with Gasteiger partial charge in [-0.1, -0.05) is 19.3 Å². The van der Waals surface area contributed by atoms with Crippen molar-refractivity contribution in [1.29, 1.82) is 0 Å². The van der Waals surface area contributed by atoms with Gasteiger partial charge in [-0.05, 0) is 12.8 Å². The van der Waals surface area contributed by atoms with Gasteiger partial charge in [0.2, 0.25) is 11.8 Å². The molecule has 1 aromatic rings. The maximum absolute atomic E-state index is 5.18. The number of methoxy groups -OCH3 is 1. The highest BCUT2D eigenvalue weighted by Crippen LogP contribution is 2.35. The molecule has 1 aliphatic carbocycles. The largest absolute Gasteiger partial charge is 0.481 e. The Hall–Kier alpha value is -1.01. The monoisotopic (exact) mass is 322 g/mol. The summed E-state index contributed by atoms with van der Waals surface area (Å²) in [5, 5.41) is 3.48. The minimum atomic E-state index is 0.283. The normalized spacial score (nSPS) is 22.2. The van der Waals surface area contributed by atoms with E-state index in [9.17, 15) is 0 Å². The molecule has 5 nitrogen and oxygen atoms in total. The van der Waals surface area contributed by atoms with Crippen molar-refractivity contribution in [2.24, 2.45) is 0 Å². The smallest absolute Gasteiger partial charge is 0.226 e. The molecule has 0 bridgehead atoms. The van der Waals surface area contributed by atoms with E-state index in [4.69, 9.17) is 4.74 Å². The van der Waals surface area contributed by atoms with Crippen molar-refractivity contribution in [1.82, 2.24) is 14.9 Å². The molecular formula is C16H26N4OS. The third-order valence-electron chi connectivity index (χ3n) is 4.88. The van der Waals surface area contributed by atoms with E-state index in [0.29, 0.717) is 11.8 Å². The van der Waals surface area contributed by atoms with Crippen LogP contribution < -0.4 is 10.1 Å². The summed E-state index contributed by atoms with van der Waals surface area (Å²) in [5.41, 5.74) is 0.283. The molecule has 1 aromatic heterocycles. The number of hydrogen-bond acceptors (Lipinski definition) is 6. The van der Waals surface area contributed by atoms with Gasteiger partial charge >= 0.3 is 0 Å². The van der Waals surface area contributed by atoms with Crippen molar-refractivity contribution in [3.63, 3.8) is 0 Å². The van der Waals surface area contributed by atoms with Gasteiger partial charge in [-0.15, -0.1) is 0 Å². The van der Waals surface area contributed by atoms with E-state index in [0.717, 1.165) is 6.54 Å². The number of thioether (sulfide) groups is 1. The SMILES string of the molecule is COc1ccnc(NCC2(N3CCSCC3)CCCCC2)n1. The molecule has 1 aliphatic heterocycles. The lowest BCUT2D eigenvalue weighted by Crippen LogP contribution is -2.57. The van der Waals surface area contributed by atoms with Crippen molar-refractivity contribution >= 4 is 17.7 Å². The molecule has 0 aromatic carbocycles. The van der Waals surface area contributed by atoms with E-state index < -0.39 is 0 Å². The van der Waals surface area contributed by atoms with Crippen LogP contribution >= 0.6 is 11.8 Å². The molecule has 0 spiro atoms. The second-order valence-electron chi connectivity index (χ2n) is 6.16. The zero-order chi connectivity index (χ0) is 15.3. The molecule has 1 saturated heterocycles. The molecule has 0 unspecified atom stereocenters. The number of ether oxygens (including phenoxy) is 1. The lowest BCUT2D eigenvalue weighted by Gasteiger charge is -2.48. The van der Waals surface area contributed by atoms with Gasteiger partial charge in [0.05, 0.1) is 7.11 Å². The predicted octanol–water partition coefficient (Wildman–Crippen LogP) is 2.65. The highest BCUT2D eigenvalue weighted by molar-refractivity contribution is 7.99. The topological polar surface area (TPSA) is 50.3 Å². The molecule has 1 N–H and O–H groups in total. The van der Waals surface area contributed by atoms with Crippen LogP contribution in [0.5, 0.6) is 5.88 Å². The average Bonchev–Trinajstić information content (AvgIpc) is 2.62. The number of aromatic nitrogens is 2. The van der Waals surface area contributed by atoms with Gasteiger partial charge in [0.1, 0.15) is 0 Å². The Kier molecular flexibility index (Phi) is 5.41. The van der Waals surface area contributed by atoms with Crippen LogP contribution in [0.4, 0.5) is 5.95 Å². The Bertz CT molecular complexity index is 473. The average molecular weight is 322 g/mol. The van der Waals surface area contributed by atoms with E-state index >= 15 is 0 Å². The van der Waals surface area contributed by atoms with Crippen LogP contribution in [0, 0.1) is 0 Å². The van der Waals surface area contributed by atoms with Crippen LogP contribution in [0.25, 0.3) is 0 Å². The van der Waals surface area contributed by atoms with Gasteiger partial charge < -0.3 is 10.1 Å². The zero-order valence-electron chi connectivity index (χ0n) is 13.4. The Balaban J connectivity index is 1.69. The van der Waals surface area contributed by atoms with Crippen LogP contribution in [0.15, 0.2) is 12.3 Å². The van der Waals surface area contributed by atoms with Gasteiger partial charge in [0.15, 0.2) is 0 Å². The number of anilines is 1. The van der Waals surface area contributed by atoms with E-state index in [-0.39, 0.29) is 5.54 Å². The Morgan fingerprint density at radius 1 is 1.27 bits per heavy atom. The highest BCUT2D eigenvalue weighted by Gasteiger charge is 2.38. The minimum absolute atomic E-state index is 0.283. The Morgan fingerprint density at radius 3 is 2.77 bits per heavy atom. The molecule has 3 rings (SSSR count). The first-order valence-electron chi connectivity index (χ1n) is 8.26. The van der Waals surface area contributed by atoms with Crippen molar-refractivity contribution in [2.45, 2.75) is 37.6 Å². The van der Waals surface area contributed by atoms with E-state index in [1.54, 1.807) is 19.4 Å². The Labute approximate surface area is 137 Å². The number of nitrogens with one attached hydrogen (secondary N) is 1. The standard InChI is InChI=1S/C16H26N4OS/c1-21-14-5-8-17-15(19-14)18-13-16(6-3-2-4-7-16)20-9-11-22-12-10-20/h5,8H,2-4,6-7,9-13H2,1H3,(H,17,18,19). The van der Waals surface area contributed by atoms with Gasteiger partial charge in [0.25, 0.3) is 0 Å². The molecule has 0 amide bonds. The summed E-state index contributed by atoms with van der Waals surface area (Å²) >= 11 is 2.08. The summed E-state index contributed by atoms with van der Waals surface area (Å²) in [7, 11) is 1.64.